The maximum Gasteiger partial charge on any atom is 0.335 e. The molecule has 8 N–H and O–H groups in total. The molecule has 0 saturated carbocycles. The van der Waals surface area contributed by atoms with Gasteiger partial charge in [-0.05, 0) is 53.9 Å². The van der Waals surface area contributed by atoms with Gasteiger partial charge in [0.2, 0.25) is 17.8 Å². The third-order valence-electron chi connectivity index (χ3n) is 5.48. The fraction of sp³-hybridized carbons (Fsp3) is 0.0909. The van der Waals surface area contributed by atoms with Crippen LogP contribution in [0, 0.1) is 0 Å². The molecule has 0 amide bonds. The number of carbonyl (C=O) groups is 1. The van der Waals surface area contributed by atoms with E-state index in [1.807, 2.05) is 0 Å². The van der Waals surface area contributed by atoms with Gasteiger partial charge in [0.05, 0.1) is 21.0 Å². The van der Waals surface area contributed by atoms with Gasteiger partial charge in [-0.3, -0.25) is 19.1 Å². The zero-order valence-corrected chi connectivity index (χ0v) is 24.0. The average molecular weight is 656 g/mol. The van der Waals surface area contributed by atoms with E-state index in [0.29, 0.717) is 18.3 Å². The molecule has 21 heteroatoms. The van der Waals surface area contributed by atoms with E-state index < -0.39 is 67.5 Å². The van der Waals surface area contributed by atoms with E-state index in [2.05, 4.69) is 36.4 Å². The van der Waals surface area contributed by atoms with Gasteiger partial charge in [0.15, 0.2) is 0 Å². The molecule has 228 valence electrons. The summed E-state index contributed by atoms with van der Waals surface area (Å²) in [4.78, 5) is 20.7. The lowest BCUT2D eigenvalue weighted by Crippen LogP contribution is -2.23. The largest absolute Gasteiger partial charge is 0.478 e. The highest BCUT2D eigenvalue weighted by Crippen LogP contribution is 2.36. The van der Waals surface area contributed by atoms with E-state index in [1.54, 1.807) is 6.92 Å². The van der Waals surface area contributed by atoms with Crippen LogP contribution in [0.4, 0.5) is 29.2 Å². The Bertz CT molecular complexity index is 2070. The molecule has 3 aromatic carbocycles. The fourth-order valence-electron chi connectivity index (χ4n) is 3.68. The third-order valence-corrected chi connectivity index (χ3v) is 8.02. The predicted molar refractivity (Wildman–Crippen MR) is 150 cm³/mol. The summed E-state index contributed by atoms with van der Waals surface area (Å²) in [5.41, 5.74) is 5.34. The number of anilines is 5. The van der Waals surface area contributed by atoms with Crippen molar-refractivity contribution in [3.8, 4) is 0 Å². The molecule has 0 unspecified atom stereocenters. The molecule has 1 aromatic heterocycles. The standard InChI is InChI=1S/C22H21N7O11S3/c1-2-23-29-22-27-20(24-13-5-3-11(4-6-13)19(30)31)26-21(28-22)25-16-9-14(41(32,33)34)7-12-8-15(42(35,36)37)10-17(18(12)16)43(38,39)40/h3-10,23H,2H2,1H3,(H,30,31)(H,32,33,34)(H,35,36,37)(H,38,39,40)(H3,24,25,26,27,28,29). The van der Waals surface area contributed by atoms with Gasteiger partial charge < -0.3 is 15.7 Å². The summed E-state index contributed by atoms with van der Waals surface area (Å²) in [5.74, 6) is -1.75. The van der Waals surface area contributed by atoms with Crippen LogP contribution in [0.3, 0.4) is 0 Å². The highest BCUT2D eigenvalue weighted by molar-refractivity contribution is 7.87. The summed E-state index contributed by atoms with van der Waals surface area (Å²) < 4.78 is 101. The minimum Gasteiger partial charge on any atom is -0.478 e. The smallest absolute Gasteiger partial charge is 0.335 e. The van der Waals surface area contributed by atoms with Crippen LogP contribution in [0.2, 0.25) is 0 Å². The van der Waals surface area contributed by atoms with E-state index in [1.165, 1.54) is 24.3 Å². The molecule has 0 spiro atoms. The summed E-state index contributed by atoms with van der Waals surface area (Å²) in [6, 6.07) is 8.14. The summed E-state index contributed by atoms with van der Waals surface area (Å²) >= 11 is 0. The molecule has 0 bridgehead atoms. The highest BCUT2D eigenvalue weighted by atomic mass is 32.2. The molecule has 0 aliphatic rings. The van der Waals surface area contributed by atoms with Crippen LogP contribution in [0.5, 0.6) is 0 Å². The molecular formula is C22H21N7O11S3. The van der Waals surface area contributed by atoms with Crippen molar-refractivity contribution in [2.24, 2.45) is 0 Å². The molecule has 43 heavy (non-hydrogen) atoms. The molecule has 0 fully saturated rings. The lowest BCUT2D eigenvalue weighted by Gasteiger charge is -2.15. The number of hydrogen-bond acceptors (Lipinski definition) is 14. The Hall–Kier alpha value is -4.51. The van der Waals surface area contributed by atoms with Gasteiger partial charge in [0, 0.05) is 17.6 Å². The highest BCUT2D eigenvalue weighted by Gasteiger charge is 2.25. The number of aromatic carboxylic acids is 1. The normalized spacial score (nSPS) is 12.2. The molecule has 0 atom stereocenters. The molecule has 0 aliphatic carbocycles. The predicted octanol–water partition coefficient (Wildman–Crippen LogP) is 1.89. The molecule has 4 rings (SSSR count). The number of benzene rings is 3. The van der Waals surface area contributed by atoms with Gasteiger partial charge >= 0.3 is 5.97 Å². The van der Waals surface area contributed by atoms with Crippen LogP contribution in [-0.2, 0) is 30.4 Å². The van der Waals surface area contributed by atoms with Crippen molar-refractivity contribution in [2.75, 3.05) is 22.6 Å². The van der Waals surface area contributed by atoms with Gasteiger partial charge in [0.1, 0.15) is 4.90 Å². The van der Waals surface area contributed by atoms with Crippen molar-refractivity contribution >= 4 is 76.3 Å². The van der Waals surface area contributed by atoms with Gasteiger partial charge in [-0.15, -0.1) is 0 Å². The van der Waals surface area contributed by atoms with Crippen molar-refractivity contribution in [1.29, 1.82) is 0 Å². The van der Waals surface area contributed by atoms with Crippen molar-refractivity contribution < 1.29 is 48.8 Å². The van der Waals surface area contributed by atoms with Crippen LogP contribution in [0.25, 0.3) is 10.8 Å². The maximum atomic E-state index is 12.3. The number of hydrogen-bond donors (Lipinski definition) is 8. The second-order valence-electron chi connectivity index (χ2n) is 8.51. The summed E-state index contributed by atoms with van der Waals surface area (Å²) in [6.07, 6.45) is 0. The third kappa shape index (κ3) is 7.47. The number of rotatable bonds is 11. The second-order valence-corrected chi connectivity index (χ2v) is 12.7. The van der Waals surface area contributed by atoms with Crippen molar-refractivity contribution in [3.63, 3.8) is 0 Å². The van der Waals surface area contributed by atoms with Gasteiger partial charge in [0.25, 0.3) is 30.4 Å². The first-order valence-corrected chi connectivity index (χ1v) is 15.9. The number of nitrogens with one attached hydrogen (secondary N) is 4. The topological polar surface area (TPSA) is 287 Å². The summed E-state index contributed by atoms with van der Waals surface area (Å²) in [7, 11) is -15.2. The first kappa shape index (κ1) is 31.4. The van der Waals surface area contributed by atoms with Crippen molar-refractivity contribution in [2.45, 2.75) is 21.6 Å². The first-order chi connectivity index (χ1) is 20.0. The lowest BCUT2D eigenvalue weighted by atomic mass is 10.1. The lowest BCUT2D eigenvalue weighted by molar-refractivity contribution is 0.0696. The minimum atomic E-state index is -5.21. The fourth-order valence-corrected chi connectivity index (χ4v) is 5.60. The number of fused-ring (bicyclic) bond motifs is 1. The van der Waals surface area contributed by atoms with E-state index in [0.717, 1.165) is 18.2 Å². The summed E-state index contributed by atoms with van der Waals surface area (Å²) in [6.45, 7) is 2.16. The minimum absolute atomic E-state index is 0.00967. The molecule has 1 heterocycles. The average Bonchev–Trinajstić information content (AvgIpc) is 2.89. The Morgan fingerprint density at radius 1 is 0.744 bits per heavy atom. The Morgan fingerprint density at radius 3 is 1.79 bits per heavy atom. The number of aromatic nitrogens is 3. The molecule has 0 aliphatic heterocycles. The Kier molecular flexibility index (Phi) is 8.51. The molecule has 18 nitrogen and oxygen atoms in total. The van der Waals surface area contributed by atoms with Crippen LogP contribution in [-0.4, -0.2) is 71.5 Å². The number of carboxylic acids is 1. The maximum absolute atomic E-state index is 12.3. The van der Waals surface area contributed by atoms with Crippen LogP contribution >= 0.6 is 0 Å². The quantitative estimate of drug-likeness (QED) is 0.0845. The SMILES string of the molecule is CCNNc1nc(Nc2ccc(C(=O)O)cc2)nc(Nc2cc(S(=O)(=O)O)cc3cc(S(=O)(=O)O)cc(S(=O)(=O)O)c23)n1. The monoisotopic (exact) mass is 655 g/mol. The first-order valence-electron chi connectivity index (χ1n) is 11.6. The Labute approximate surface area is 243 Å². The molecular weight excluding hydrogens is 634 g/mol. The number of hydrazine groups is 1. The Balaban J connectivity index is 1.92. The number of nitrogens with zero attached hydrogens (tertiary/aromatic N) is 3. The molecule has 0 radical (unpaired) electrons. The molecule has 4 aromatic rings. The second kappa shape index (κ2) is 11.6. The van der Waals surface area contributed by atoms with E-state index in [4.69, 9.17) is 5.11 Å². The van der Waals surface area contributed by atoms with Gasteiger partial charge in [-0.25, -0.2) is 10.2 Å². The Morgan fingerprint density at radius 2 is 1.28 bits per heavy atom. The van der Waals surface area contributed by atoms with E-state index in [9.17, 15) is 43.7 Å². The van der Waals surface area contributed by atoms with Crippen molar-refractivity contribution in [1.82, 2.24) is 20.4 Å². The van der Waals surface area contributed by atoms with Crippen LogP contribution in [0.15, 0.2) is 63.2 Å². The zero-order chi connectivity index (χ0) is 31.7. The van der Waals surface area contributed by atoms with E-state index >= 15 is 0 Å². The van der Waals surface area contributed by atoms with Gasteiger partial charge in [-0.1, -0.05) is 6.92 Å². The van der Waals surface area contributed by atoms with Crippen molar-refractivity contribution in [3.05, 3.63) is 54.1 Å². The van der Waals surface area contributed by atoms with Crippen LogP contribution in [0.1, 0.15) is 17.3 Å². The van der Waals surface area contributed by atoms with Gasteiger partial charge in [-0.2, -0.15) is 40.2 Å². The molecule has 0 saturated heterocycles. The number of carboxylic acid groups (broad SMARTS) is 1. The zero-order valence-electron chi connectivity index (χ0n) is 21.5. The van der Waals surface area contributed by atoms with Crippen LogP contribution < -0.4 is 21.5 Å². The summed E-state index contributed by atoms with van der Waals surface area (Å²) in [5, 5.41) is 13.6. The van der Waals surface area contributed by atoms with E-state index in [-0.39, 0.29) is 23.4 Å².